The van der Waals surface area contributed by atoms with E-state index >= 15 is 0 Å². The first-order valence-corrected chi connectivity index (χ1v) is 8.14. The number of esters is 1. The molecule has 0 bridgehead atoms. The molecule has 0 saturated heterocycles. The second-order valence-corrected chi connectivity index (χ2v) is 6.51. The highest BCUT2D eigenvalue weighted by Gasteiger charge is 2.31. The first-order chi connectivity index (χ1) is 11.7. The van der Waals surface area contributed by atoms with Crippen molar-refractivity contribution >= 4 is 5.97 Å². The molecule has 5 heteroatoms. The molecule has 0 saturated carbocycles. The van der Waals surface area contributed by atoms with E-state index in [0.29, 0.717) is 5.92 Å². The zero-order valence-electron chi connectivity index (χ0n) is 14.4. The fourth-order valence-electron chi connectivity index (χ4n) is 2.49. The maximum absolute atomic E-state index is 12.7. The average molecular weight is 350 g/mol. The van der Waals surface area contributed by atoms with Crippen molar-refractivity contribution in [2.75, 3.05) is 0 Å². The Morgan fingerprint density at radius 2 is 1.68 bits per heavy atom. The fraction of sp³-hybridized carbons (Fsp3) is 0.350. The summed E-state index contributed by atoms with van der Waals surface area (Å²) in [6.45, 7) is 5.93. The zero-order chi connectivity index (χ0) is 18.6. The van der Waals surface area contributed by atoms with Gasteiger partial charge in [0.15, 0.2) is 0 Å². The van der Waals surface area contributed by atoms with E-state index in [1.165, 1.54) is 17.7 Å². The number of rotatable bonds is 5. The van der Waals surface area contributed by atoms with E-state index in [1.807, 2.05) is 24.3 Å². The van der Waals surface area contributed by atoms with Gasteiger partial charge < -0.3 is 4.74 Å². The number of ether oxygens (including phenoxy) is 1. The predicted molar refractivity (Wildman–Crippen MR) is 90.5 cm³/mol. The smallest absolute Gasteiger partial charge is 0.416 e. The van der Waals surface area contributed by atoms with Gasteiger partial charge in [0.25, 0.3) is 0 Å². The summed E-state index contributed by atoms with van der Waals surface area (Å²) < 4.78 is 43.3. The predicted octanol–water partition coefficient (Wildman–Crippen LogP) is 5.61. The van der Waals surface area contributed by atoms with Gasteiger partial charge in [-0.1, -0.05) is 44.2 Å². The lowest BCUT2D eigenvalue weighted by atomic mass is 9.97. The van der Waals surface area contributed by atoms with Crippen LogP contribution in [0.2, 0.25) is 0 Å². The fourth-order valence-corrected chi connectivity index (χ4v) is 2.49. The second kappa shape index (κ2) is 7.72. The van der Waals surface area contributed by atoms with Crippen LogP contribution in [-0.4, -0.2) is 5.97 Å². The monoisotopic (exact) mass is 350 g/mol. The number of halogens is 3. The highest BCUT2D eigenvalue weighted by atomic mass is 19.4. The van der Waals surface area contributed by atoms with Gasteiger partial charge in [0.1, 0.15) is 5.75 Å². The summed E-state index contributed by atoms with van der Waals surface area (Å²) in [6.07, 6.45) is -3.52. The van der Waals surface area contributed by atoms with Crippen LogP contribution in [0.15, 0.2) is 48.5 Å². The van der Waals surface area contributed by atoms with Crippen LogP contribution in [0.5, 0.6) is 5.75 Å². The normalized spacial score (nSPS) is 12.9. The molecule has 0 heterocycles. The lowest BCUT2D eigenvalue weighted by Gasteiger charge is -2.14. The van der Waals surface area contributed by atoms with Crippen molar-refractivity contribution in [2.45, 2.75) is 39.3 Å². The first kappa shape index (κ1) is 19.0. The molecule has 2 nitrogen and oxygen atoms in total. The summed E-state index contributed by atoms with van der Waals surface area (Å²) in [4.78, 5) is 12.2. The molecule has 0 radical (unpaired) electrons. The van der Waals surface area contributed by atoms with E-state index < -0.39 is 23.6 Å². The third kappa shape index (κ3) is 5.34. The molecule has 1 unspecified atom stereocenters. The minimum absolute atomic E-state index is 0.108. The summed E-state index contributed by atoms with van der Waals surface area (Å²) in [5, 5.41) is 0. The van der Waals surface area contributed by atoms with Crippen LogP contribution in [0.1, 0.15) is 43.4 Å². The highest BCUT2D eigenvalue weighted by Crippen LogP contribution is 2.31. The number of hydrogen-bond donors (Lipinski definition) is 0. The molecule has 2 rings (SSSR count). The maximum Gasteiger partial charge on any atom is 0.416 e. The van der Waals surface area contributed by atoms with Crippen molar-refractivity contribution in [3.63, 3.8) is 0 Å². The minimum Gasteiger partial charge on any atom is -0.426 e. The summed E-state index contributed by atoms with van der Waals surface area (Å²) in [5.74, 6) is -0.726. The van der Waals surface area contributed by atoms with Crippen LogP contribution < -0.4 is 4.74 Å². The van der Waals surface area contributed by atoms with Gasteiger partial charge in [0, 0.05) is 0 Å². The van der Waals surface area contributed by atoms with E-state index in [1.54, 1.807) is 6.92 Å². The number of hydrogen-bond acceptors (Lipinski definition) is 2. The molecule has 0 fully saturated rings. The molecule has 0 N–H and O–H groups in total. The van der Waals surface area contributed by atoms with Crippen molar-refractivity contribution in [1.82, 2.24) is 0 Å². The summed E-state index contributed by atoms with van der Waals surface area (Å²) in [6, 6.07) is 12.0. The SMILES string of the molecule is CC(C)Cc1ccc(C(C)C(=O)Oc2cccc(C(F)(F)F)c2)cc1. The van der Waals surface area contributed by atoms with Gasteiger partial charge in [-0.05, 0) is 48.6 Å². The molecule has 2 aromatic carbocycles. The summed E-state index contributed by atoms with van der Waals surface area (Å²) in [7, 11) is 0. The topological polar surface area (TPSA) is 26.3 Å². The van der Waals surface area contributed by atoms with Crippen molar-refractivity contribution in [3.05, 3.63) is 65.2 Å². The molecule has 0 amide bonds. The van der Waals surface area contributed by atoms with E-state index in [4.69, 9.17) is 4.74 Å². The molecule has 134 valence electrons. The largest absolute Gasteiger partial charge is 0.426 e. The Hall–Kier alpha value is -2.30. The van der Waals surface area contributed by atoms with Crippen LogP contribution >= 0.6 is 0 Å². The molecule has 0 aliphatic rings. The second-order valence-electron chi connectivity index (χ2n) is 6.51. The molecular weight excluding hydrogens is 329 g/mol. The summed E-state index contributed by atoms with van der Waals surface area (Å²) >= 11 is 0. The maximum atomic E-state index is 12.7. The molecule has 0 spiro atoms. The highest BCUT2D eigenvalue weighted by molar-refractivity contribution is 5.80. The van der Waals surface area contributed by atoms with E-state index in [2.05, 4.69) is 13.8 Å². The van der Waals surface area contributed by atoms with Gasteiger partial charge in [0.2, 0.25) is 0 Å². The van der Waals surface area contributed by atoms with Crippen molar-refractivity contribution in [1.29, 1.82) is 0 Å². The van der Waals surface area contributed by atoms with Crippen LogP contribution in [0, 0.1) is 5.92 Å². The van der Waals surface area contributed by atoms with E-state index in [-0.39, 0.29) is 5.75 Å². The van der Waals surface area contributed by atoms with Gasteiger partial charge in [-0.2, -0.15) is 13.2 Å². The van der Waals surface area contributed by atoms with Crippen LogP contribution in [0.4, 0.5) is 13.2 Å². The molecule has 25 heavy (non-hydrogen) atoms. The molecule has 0 aromatic heterocycles. The standard InChI is InChI=1S/C20H21F3O2/c1-13(2)11-15-7-9-16(10-8-15)14(3)19(24)25-18-6-4-5-17(12-18)20(21,22)23/h4-10,12-14H,11H2,1-3H3. The van der Waals surface area contributed by atoms with Crippen LogP contribution in [0.25, 0.3) is 0 Å². The van der Waals surface area contributed by atoms with Crippen molar-refractivity contribution in [2.24, 2.45) is 5.92 Å². The van der Waals surface area contributed by atoms with Crippen LogP contribution in [-0.2, 0) is 17.4 Å². The molecule has 2 aromatic rings. The molecule has 1 atom stereocenters. The quantitative estimate of drug-likeness (QED) is 0.517. The number of carbonyl (C=O) groups excluding carboxylic acids is 1. The Kier molecular flexibility index (Phi) is 5.88. The Balaban J connectivity index is 2.07. The number of carbonyl (C=O) groups is 1. The Labute approximate surface area is 145 Å². The zero-order valence-corrected chi connectivity index (χ0v) is 14.4. The first-order valence-electron chi connectivity index (χ1n) is 8.14. The van der Waals surface area contributed by atoms with Gasteiger partial charge in [-0.15, -0.1) is 0 Å². The number of alkyl halides is 3. The van der Waals surface area contributed by atoms with Gasteiger partial charge in [-0.25, -0.2) is 0 Å². The Bertz CT molecular complexity index is 718. The molecule has 0 aliphatic carbocycles. The lowest BCUT2D eigenvalue weighted by Crippen LogP contribution is -2.16. The molecule has 0 aliphatic heterocycles. The molecular formula is C20H21F3O2. The Morgan fingerprint density at radius 1 is 1.04 bits per heavy atom. The van der Waals surface area contributed by atoms with Gasteiger partial charge >= 0.3 is 12.1 Å². The summed E-state index contributed by atoms with van der Waals surface area (Å²) in [5.41, 5.74) is 1.10. The third-order valence-electron chi connectivity index (χ3n) is 3.86. The van der Waals surface area contributed by atoms with E-state index in [9.17, 15) is 18.0 Å². The van der Waals surface area contributed by atoms with Crippen molar-refractivity contribution in [3.8, 4) is 5.75 Å². The minimum atomic E-state index is -4.47. The van der Waals surface area contributed by atoms with Gasteiger partial charge in [0.05, 0.1) is 11.5 Å². The average Bonchev–Trinajstić information content (AvgIpc) is 2.54. The lowest BCUT2D eigenvalue weighted by molar-refractivity contribution is -0.139. The van der Waals surface area contributed by atoms with Crippen molar-refractivity contribution < 1.29 is 22.7 Å². The Morgan fingerprint density at radius 3 is 2.24 bits per heavy atom. The van der Waals surface area contributed by atoms with E-state index in [0.717, 1.165) is 24.1 Å². The number of benzene rings is 2. The van der Waals surface area contributed by atoms with Crippen LogP contribution in [0.3, 0.4) is 0 Å². The third-order valence-corrected chi connectivity index (χ3v) is 3.86. The van der Waals surface area contributed by atoms with Gasteiger partial charge in [-0.3, -0.25) is 4.79 Å².